The van der Waals surface area contributed by atoms with Crippen LogP contribution < -0.4 is 5.32 Å². The highest BCUT2D eigenvalue weighted by Crippen LogP contribution is 2.61. The highest BCUT2D eigenvalue weighted by molar-refractivity contribution is 7.86. The van der Waals surface area contributed by atoms with E-state index in [-0.39, 0.29) is 5.54 Å². The molecule has 0 spiro atoms. The zero-order valence-corrected chi connectivity index (χ0v) is 16.1. The van der Waals surface area contributed by atoms with E-state index in [1.54, 1.807) is 0 Å². The van der Waals surface area contributed by atoms with E-state index in [0.717, 1.165) is 11.8 Å². The molecule has 4 rings (SSSR count). The third kappa shape index (κ3) is 3.28. The smallest absolute Gasteiger partial charge is 0.312 e. The highest BCUT2D eigenvalue weighted by Gasteiger charge is 2.67. The SMILES string of the molecule is CCC1(OS(C)(=O)=O)CC2(NCc3ccccc3)CCC1(C(=O)O)CC2. The number of hydrogen-bond donors (Lipinski definition) is 2. The van der Waals surface area contributed by atoms with Crippen LogP contribution >= 0.6 is 0 Å². The van der Waals surface area contributed by atoms with E-state index in [0.29, 0.717) is 45.1 Å². The van der Waals surface area contributed by atoms with Gasteiger partial charge in [-0.05, 0) is 44.1 Å². The van der Waals surface area contributed by atoms with Crippen molar-refractivity contribution in [3.63, 3.8) is 0 Å². The number of carboxylic acids is 1. The van der Waals surface area contributed by atoms with Crippen molar-refractivity contribution >= 4 is 16.1 Å². The van der Waals surface area contributed by atoms with Crippen molar-refractivity contribution in [2.45, 2.75) is 63.1 Å². The fourth-order valence-corrected chi connectivity index (χ4v) is 5.87. The highest BCUT2D eigenvalue weighted by atomic mass is 32.2. The fraction of sp³-hybridized carbons (Fsp3) is 0.632. The van der Waals surface area contributed by atoms with E-state index in [9.17, 15) is 18.3 Å². The van der Waals surface area contributed by atoms with Gasteiger partial charge in [0.25, 0.3) is 10.1 Å². The summed E-state index contributed by atoms with van der Waals surface area (Å²) in [6.07, 6.45) is 4.01. The molecule has 1 aromatic carbocycles. The van der Waals surface area contributed by atoms with Crippen molar-refractivity contribution in [3.8, 4) is 0 Å². The summed E-state index contributed by atoms with van der Waals surface area (Å²) >= 11 is 0. The summed E-state index contributed by atoms with van der Waals surface area (Å²) < 4.78 is 29.4. The Bertz CT molecular complexity index is 768. The summed E-state index contributed by atoms with van der Waals surface area (Å²) in [6.45, 7) is 2.49. The monoisotopic (exact) mass is 381 g/mol. The molecule has 7 heteroatoms. The lowest BCUT2D eigenvalue weighted by atomic mass is 9.49. The largest absolute Gasteiger partial charge is 0.481 e. The van der Waals surface area contributed by atoms with E-state index in [4.69, 9.17) is 4.18 Å². The molecule has 3 aliphatic carbocycles. The van der Waals surface area contributed by atoms with E-state index >= 15 is 0 Å². The van der Waals surface area contributed by atoms with Gasteiger partial charge in [0.15, 0.2) is 0 Å². The molecule has 0 aromatic heterocycles. The van der Waals surface area contributed by atoms with Crippen molar-refractivity contribution in [2.24, 2.45) is 5.41 Å². The molecule has 0 saturated heterocycles. The lowest BCUT2D eigenvalue weighted by Crippen LogP contribution is -2.69. The van der Waals surface area contributed by atoms with Crippen LogP contribution in [0.5, 0.6) is 0 Å². The quantitative estimate of drug-likeness (QED) is 0.706. The Morgan fingerprint density at radius 2 is 1.81 bits per heavy atom. The minimum absolute atomic E-state index is 0.298. The normalized spacial score (nSPS) is 33.9. The standard InChI is InChI=1S/C19H27NO5S/c1-3-19(25-26(2,23)24)14-17(20-13-15-7-5-4-6-8-15)9-11-18(19,12-10-17)16(21)22/h4-8,20H,3,9-14H2,1-2H3,(H,21,22). The average Bonchev–Trinajstić information content (AvgIpc) is 2.60. The minimum Gasteiger partial charge on any atom is -0.481 e. The number of aliphatic carboxylic acids is 1. The predicted octanol–water partition coefficient (Wildman–Crippen LogP) is 2.69. The molecule has 3 saturated carbocycles. The second-order valence-electron chi connectivity index (χ2n) is 7.82. The summed E-state index contributed by atoms with van der Waals surface area (Å²) in [5.41, 5.74) is -1.49. The zero-order chi connectivity index (χ0) is 19.1. The predicted molar refractivity (Wildman–Crippen MR) is 98.1 cm³/mol. The van der Waals surface area contributed by atoms with Gasteiger partial charge in [-0.1, -0.05) is 37.3 Å². The molecule has 6 nitrogen and oxygen atoms in total. The maximum Gasteiger partial charge on any atom is 0.312 e. The van der Waals surface area contributed by atoms with Crippen molar-refractivity contribution in [1.29, 1.82) is 0 Å². The van der Waals surface area contributed by atoms with E-state index in [1.807, 2.05) is 37.3 Å². The van der Waals surface area contributed by atoms with Crippen molar-refractivity contribution < 1.29 is 22.5 Å². The summed E-state index contributed by atoms with van der Waals surface area (Å²) in [6, 6.07) is 10.0. The zero-order valence-electron chi connectivity index (χ0n) is 15.3. The summed E-state index contributed by atoms with van der Waals surface area (Å²) in [5.74, 6) is -0.945. The minimum atomic E-state index is -3.77. The first-order chi connectivity index (χ1) is 12.2. The van der Waals surface area contributed by atoms with Crippen LogP contribution in [0.3, 0.4) is 0 Å². The Morgan fingerprint density at radius 1 is 1.19 bits per heavy atom. The molecule has 1 aromatic rings. The van der Waals surface area contributed by atoms with Gasteiger partial charge in [0.2, 0.25) is 0 Å². The van der Waals surface area contributed by atoms with Crippen molar-refractivity contribution in [1.82, 2.24) is 5.32 Å². The molecule has 0 amide bonds. The molecule has 3 aliphatic rings. The first-order valence-electron chi connectivity index (χ1n) is 9.09. The summed E-state index contributed by atoms with van der Waals surface area (Å²) in [5, 5.41) is 13.6. The number of hydrogen-bond acceptors (Lipinski definition) is 5. The second-order valence-corrected chi connectivity index (χ2v) is 9.39. The molecule has 3 fully saturated rings. The molecule has 2 N–H and O–H groups in total. The van der Waals surface area contributed by atoms with E-state index in [1.165, 1.54) is 0 Å². The van der Waals surface area contributed by atoms with Crippen LogP contribution in [0.4, 0.5) is 0 Å². The van der Waals surface area contributed by atoms with Crippen LogP contribution in [0.1, 0.15) is 51.0 Å². The third-order valence-corrected chi connectivity index (χ3v) is 6.98. The van der Waals surface area contributed by atoms with Gasteiger partial charge in [0.05, 0.1) is 11.7 Å². The van der Waals surface area contributed by atoms with Gasteiger partial charge in [-0.25, -0.2) is 0 Å². The first-order valence-corrected chi connectivity index (χ1v) is 10.9. The topological polar surface area (TPSA) is 92.7 Å². The van der Waals surface area contributed by atoms with Gasteiger partial charge < -0.3 is 10.4 Å². The molecular weight excluding hydrogens is 354 g/mol. The maximum atomic E-state index is 12.2. The van der Waals surface area contributed by atoms with Gasteiger partial charge in [0.1, 0.15) is 5.60 Å². The van der Waals surface area contributed by atoms with Gasteiger partial charge >= 0.3 is 5.97 Å². The van der Waals surface area contributed by atoms with Crippen LogP contribution in [0.15, 0.2) is 30.3 Å². The Morgan fingerprint density at radius 3 is 2.31 bits per heavy atom. The summed E-state index contributed by atoms with van der Waals surface area (Å²) in [7, 11) is -3.77. The number of carbonyl (C=O) groups is 1. The van der Waals surface area contributed by atoms with E-state index in [2.05, 4.69) is 5.32 Å². The van der Waals surface area contributed by atoms with Crippen LogP contribution in [0.2, 0.25) is 0 Å². The summed E-state index contributed by atoms with van der Waals surface area (Å²) in [4.78, 5) is 12.2. The number of fused-ring (bicyclic) bond motifs is 3. The Kier molecular flexibility index (Phi) is 4.92. The Hall–Kier alpha value is -1.44. The molecule has 26 heavy (non-hydrogen) atoms. The molecule has 1 atom stereocenters. The molecule has 0 radical (unpaired) electrons. The van der Waals surface area contributed by atoms with Crippen LogP contribution in [0, 0.1) is 5.41 Å². The van der Waals surface area contributed by atoms with Gasteiger partial charge in [-0.3, -0.25) is 8.98 Å². The fourth-order valence-electron chi connectivity index (χ4n) is 4.96. The number of benzene rings is 1. The maximum absolute atomic E-state index is 12.2. The molecule has 0 heterocycles. The molecule has 0 aliphatic heterocycles. The van der Waals surface area contributed by atoms with Gasteiger partial charge in [-0.2, -0.15) is 8.42 Å². The molecule has 2 bridgehead atoms. The lowest BCUT2D eigenvalue weighted by Gasteiger charge is -2.61. The molecule has 1 unspecified atom stereocenters. The van der Waals surface area contributed by atoms with Crippen LogP contribution in [-0.4, -0.2) is 36.9 Å². The number of nitrogens with one attached hydrogen (secondary N) is 1. The average molecular weight is 381 g/mol. The second kappa shape index (κ2) is 6.62. The van der Waals surface area contributed by atoms with E-state index < -0.39 is 27.1 Å². The van der Waals surface area contributed by atoms with Crippen LogP contribution in [-0.2, 0) is 25.6 Å². The van der Waals surface area contributed by atoms with Crippen molar-refractivity contribution in [3.05, 3.63) is 35.9 Å². The van der Waals surface area contributed by atoms with Crippen LogP contribution in [0.25, 0.3) is 0 Å². The lowest BCUT2D eigenvalue weighted by molar-refractivity contribution is -0.194. The molecule has 144 valence electrons. The first kappa shape index (κ1) is 19.3. The van der Waals surface area contributed by atoms with Gasteiger partial charge in [-0.15, -0.1) is 0 Å². The Labute approximate surface area is 155 Å². The number of rotatable bonds is 7. The third-order valence-electron chi connectivity index (χ3n) is 6.36. The van der Waals surface area contributed by atoms with Gasteiger partial charge in [0, 0.05) is 12.1 Å². The number of carboxylic acid groups (broad SMARTS) is 1. The van der Waals surface area contributed by atoms with Crippen molar-refractivity contribution in [2.75, 3.05) is 6.26 Å². The Balaban J connectivity index is 1.91. The molecular formula is C19H27NO5S.